The molecule has 0 amide bonds. The van der Waals surface area contributed by atoms with Crippen LogP contribution in [0.2, 0.25) is 0 Å². The third-order valence-electron chi connectivity index (χ3n) is 2.87. The summed E-state index contributed by atoms with van der Waals surface area (Å²) in [6.07, 6.45) is 2.42. The van der Waals surface area contributed by atoms with Crippen LogP contribution < -0.4 is 10.0 Å². The lowest BCUT2D eigenvalue weighted by molar-refractivity contribution is 0.581. The number of nitrogens with one attached hydrogen (secondary N) is 2. The van der Waals surface area contributed by atoms with E-state index >= 15 is 0 Å². The highest BCUT2D eigenvalue weighted by Crippen LogP contribution is 2.14. The molecule has 2 N–H and O–H groups in total. The minimum Gasteiger partial charge on any atom is -0.384 e. The molecule has 1 aromatic carbocycles. The van der Waals surface area contributed by atoms with Gasteiger partial charge in [0.1, 0.15) is 0 Å². The van der Waals surface area contributed by atoms with Crippen LogP contribution in [-0.2, 0) is 20.8 Å². The molecule has 0 aliphatic rings. The quantitative estimate of drug-likeness (QED) is 0.762. The smallest absolute Gasteiger partial charge is 0.240 e. The molecule has 114 valence electrons. The standard InChI is InChI=1S/C13H22N2O3S2/c1-4-9-15-20(17,18)13-7-5-12(6-8-13)14-10-11(2)19(3)16/h5-8,11,14-15H,4,9-10H2,1-3H3. The summed E-state index contributed by atoms with van der Waals surface area (Å²) in [5.74, 6) is 0. The Hall–Kier alpha value is -0.920. The Kier molecular flexibility index (Phi) is 6.64. The highest BCUT2D eigenvalue weighted by molar-refractivity contribution is 7.89. The Labute approximate surface area is 123 Å². The van der Waals surface area contributed by atoms with E-state index in [1.807, 2.05) is 13.8 Å². The predicted octanol–water partition coefficient (Wildman–Crippen LogP) is 1.55. The van der Waals surface area contributed by atoms with E-state index in [1.54, 1.807) is 30.5 Å². The fourth-order valence-electron chi connectivity index (χ4n) is 1.45. The summed E-state index contributed by atoms with van der Waals surface area (Å²) in [6, 6.07) is 6.55. The van der Waals surface area contributed by atoms with Gasteiger partial charge in [0.05, 0.1) is 4.90 Å². The lowest BCUT2D eigenvalue weighted by Gasteiger charge is -2.12. The molecule has 2 atom stereocenters. The van der Waals surface area contributed by atoms with Gasteiger partial charge in [-0.2, -0.15) is 0 Å². The molecule has 0 saturated heterocycles. The molecule has 1 aromatic rings. The predicted molar refractivity (Wildman–Crippen MR) is 83.9 cm³/mol. The van der Waals surface area contributed by atoms with Crippen molar-refractivity contribution in [1.82, 2.24) is 4.72 Å². The molecule has 0 heterocycles. The first-order valence-corrected chi connectivity index (χ1v) is 9.63. The zero-order chi connectivity index (χ0) is 15.2. The average molecular weight is 318 g/mol. The summed E-state index contributed by atoms with van der Waals surface area (Å²) in [5, 5.41) is 3.19. The highest BCUT2D eigenvalue weighted by Gasteiger charge is 2.12. The van der Waals surface area contributed by atoms with Crippen molar-refractivity contribution in [2.24, 2.45) is 0 Å². The summed E-state index contributed by atoms with van der Waals surface area (Å²) in [4.78, 5) is 0.253. The van der Waals surface area contributed by atoms with Gasteiger partial charge in [-0.05, 0) is 37.6 Å². The van der Waals surface area contributed by atoms with Crippen LogP contribution in [0.4, 0.5) is 5.69 Å². The normalized spacial score (nSPS) is 14.8. The van der Waals surface area contributed by atoms with E-state index in [0.717, 1.165) is 12.1 Å². The Morgan fingerprint density at radius 3 is 2.35 bits per heavy atom. The number of hydrogen-bond donors (Lipinski definition) is 2. The molecule has 2 unspecified atom stereocenters. The fraction of sp³-hybridized carbons (Fsp3) is 0.538. The second kappa shape index (κ2) is 7.75. The third kappa shape index (κ3) is 5.22. The minimum atomic E-state index is -3.41. The Morgan fingerprint density at radius 1 is 1.25 bits per heavy atom. The van der Waals surface area contributed by atoms with Gasteiger partial charge in [0, 0.05) is 41.1 Å². The first-order chi connectivity index (χ1) is 9.36. The van der Waals surface area contributed by atoms with Gasteiger partial charge in [-0.3, -0.25) is 4.21 Å². The van der Waals surface area contributed by atoms with E-state index in [0.29, 0.717) is 13.1 Å². The number of anilines is 1. The SMILES string of the molecule is CCCNS(=O)(=O)c1ccc(NCC(C)S(C)=O)cc1. The van der Waals surface area contributed by atoms with Crippen molar-refractivity contribution in [3.8, 4) is 0 Å². The zero-order valence-electron chi connectivity index (χ0n) is 12.0. The van der Waals surface area contributed by atoms with Crippen molar-refractivity contribution < 1.29 is 12.6 Å². The van der Waals surface area contributed by atoms with Crippen molar-refractivity contribution in [2.45, 2.75) is 30.4 Å². The molecule has 7 heteroatoms. The molecule has 0 aliphatic heterocycles. The van der Waals surface area contributed by atoms with Gasteiger partial charge in [-0.1, -0.05) is 6.92 Å². The van der Waals surface area contributed by atoms with E-state index < -0.39 is 20.8 Å². The number of benzene rings is 1. The first kappa shape index (κ1) is 17.1. The van der Waals surface area contributed by atoms with Crippen LogP contribution in [0.3, 0.4) is 0 Å². The number of rotatable bonds is 8. The number of sulfonamides is 1. The molecule has 20 heavy (non-hydrogen) atoms. The largest absolute Gasteiger partial charge is 0.384 e. The van der Waals surface area contributed by atoms with Gasteiger partial charge >= 0.3 is 0 Å². The lowest BCUT2D eigenvalue weighted by Crippen LogP contribution is -2.24. The van der Waals surface area contributed by atoms with Gasteiger partial charge in [-0.15, -0.1) is 0 Å². The van der Waals surface area contributed by atoms with Crippen LogP contribution in [0.5, 0.6) is 0 Å². The molecule has 0 radical (unpaired) electrons. The molecule has 0 fully saturated rings. The highest BCUT2D eigenvalue weighted by atomic mass is 32.2. The minimum absolute atomic E-state index is 0.0460. The van der Waals surface area contributed by atoms with Crippen LogP contribution in [0.1, 0.15) is 20.3 Å². The number of hydrogen-bond acceptors (Lipinski definition) is 4. The molecular formula is C13H22N2O3S2. The molecular weight excluding hydrogens is 296 g/mol. The fourth-order valence-corrected chi connectivity index (χ4v) is 2.90. The van der Waals surface area contributed by atoms with Crippen molar-refractivity contribution in [1.29, 1.82) is 0 Å². The van der Waals surface area contributed by atoms with Gasteiger partial charge in [0.15, 0.2) is 0 Å². The summed E-state index contributed by atoms with van der Waals surface area (Å²) in [5.41, 5.74) is 0.816. The molecule has 1 rings (SSSR count). The van der Waals surface area contributed by atoms with E-state index in [2.05, 4.69) is 10.0 Å². The topological polar surface area (TPSA) is 75.3 Å². The Morgan fingerprint density at radius 2 is 1.85 bits per heavy atom. The van der Waals surface area contributed by atoms with Gasteiger partial charge < -0.3 is 5.32 Å². The second-order valence-corrected chi connectivity index (χ2v) is 8.18. The van der Waals surface area contributed by atoms with Crippen molar-refractivity contribution in [2.75, 3.05) is 24.7 Å². The van der Waals surface area contributed by atoms with Crippen LogP contribution >= 0.6 is 0 Å². The van der Waals surface area contributed by atoms with Crippen LogP contribution in [0.15, 0.2) is 29.2 Å². The van der Waals surface area contributed by atoms with E-state index in [1.165, 1.54) is 0 Å². The maximum atomic E-state index is 11.9. The van der Waals surface area contributed by atoms with Crippen molar-refractivity contribution in [3.05, 3.63) is 24.3 Å². The van der Waals surface area contributed by atoms with Gasteiger partial charge in [0.25, 0.3) is 0 Å². The molecule has 0 bridgehead atoms. The molecule has 5 nitrogen and oxygen atoms in total. The molecule has 0 spiro atoms. The van der Waals surface area contributed by atoms with Gasteiger partial charge in [0.2, 0.25) is 10.0 Å². The van der Waals surface area contributed by atoms with E-state index in [9.17, 15) is 12.6 Å². The molecule has 0 aliphatic carbocycles. The summed E-state index contributed by atoms with van der Waals surface area (Å²) in [7, 11) is -4.28. The third-order valence-corrected chi connectivity index (χ3v) is 5.64. The Balaban J connectivity index is 2.67. The van der Waals surface area contributed by atoms with Crippen molar-refractivity contribution in [3.63, 3.8) is 0 Å². The van der Waals surface area contributed by atoms with E-state index in [4.69, 9.17) is 0 Å². The summed E-state index contributed by atoms with van der Waals surface area (Å²) >= 11 is 0. The molecule has 0 aromatic heterocycles. The maximum absolute atomic E-state index is 11.9. The maximum Gasteiger partial charge on any atom is 0.240 e. The lowest BCUT2D eigenvalue weighted by atomic mass is 10.3. The zero-order valence-corrected chi connectivity index (χ0v) is 13.7. The Bertz CT molecular complexity index is 541. The van der Waals surface area contributed by atoms with Crippen molar-refractivity contribution >= 4 is 26.5 Å². The summed E-state index contributed by atoms with van der Waals surface area (Å²) < 4.78 is 37.5. The second-order valence-electron chi connectivity index (χ2n) is 4.61. The van der Waals surface area contributed by atoms with Crippen LogP contribution in [0.25, 0.3) is 0 Å². The average Bonchev–Trinajstić information content (AvgIpc) is 2.43. The first-order valence-electron chi connectivity index (χ1n) is 6.52. The van der Waals surface area contributed by atoms with E-state index in [-0.39, 0.29) is 10.1 Å². The summed E-state index contributed by atoms with van der Waals surface area (Å²) in [6.45, 7) is 4.83. The van der Waals surface area contributed by atoms with Crippen LogP contribution in [-0.4, -0.2) is 37.2 Å². The van der Waals surface area contributed by atoms with Gasteiger partial charge in [-0.25, -0.2) is 13.1 Å². The van der Waals surface area contributed by atoms with Crippen LogP contribution in [0, 0.1) is 0 Å². The monoisotopic (exact) mass is 318 g/mol. The molecule has 0 saturated carbocycles.